The number of rotatable bonds is 1. The van der Waals surface area contributed by atoms with Crippen LogP contribution in [0.5, 0.6) is 0 Å². The van der Waals surface area contributed by atoms with Crippen molar-refractivity contribution in [3.8, 4) is 0 Å². The van der Waals surface area contributed by atoms with Crippen LogP contribution in [-0.4, -0.2) is 42.0 Å². The summed E-state index contributed by atoms with van der Waals surface area (Å²) < 4.78 is 14.4. The molecule has 1 saturated heterocycles. The average Bonchev–Trinajstić information content (AvgIpc) is 2.84. The standard InChI is InChI=1S/C20H21BrFN3O/c1-24-17-11-23-16-8-15(22)14(21)7-13(16)18(17)20(19(24)26)9-12(10-20)25-5-3-2-4-6-25/h7-8,11-12H,2-6,9-10H2,1H3. The molecule has 26 heavy (non-hydrogen) atoms. The van der Waals surface area contributed by atoms with Crippen molar-refractivity contribution in [2.24, 2.45) is 0 Å². The van der Waals surface area contributed by atoms with Crippen molar-refractivity contribution >= 4 is 38.4 Å². The molecule has 2 aliphatic heterocycles. The van der Waals surface area contributed by atoms with E-state index in [0.29, 0.717) is 16.0 Å². The maximum absolute atomic E-state index is 14.0. The Morgan fingerprint density at radius 3 is 2.69 bits per heavy atom. The van der Waals surface area contributed by atoms with Gasteiger partial charge < -0.3 is 9.80 Å². The molecule has 1 aromatic carbocycles. The first kappa shape index (κ1) is 16.6. The van der Waals surface area contributed by atoms with Gasteiger partial charge in [0.05, 0.1) is 27.3 Å². The molecule has 1 spiro atoms. The second-order valence-corrected chi connectivity index (χ2v) is 8.76. The number of benzene rings is 1. The summed E-state index contributed by atoms with van der Waals surface area (Å²) in [5.74, 6) is -0.160. The molecule has 5 rings (SSSR count). The molecule has 1 saturated carbocycles. The van der Waals surface area contributed by atoms with Gasteiger partial charge in [-0.25, -0.2) is 4.39 Å². The zero-order chi connectivity index (χ0) is 18.1. The van der Waals surface area contributed by atoms with Crippen LogP contribution < -0.4 is 4.90 Å². The molecule has 0 radical (unpaired) electrons. The zero-order valence-corrected chi connectivity index (χ0v) is 16.4. The Bertz CT molecular complexity index is 919. The molecule has 1 aliphatic carbocycles. The Balaban J connectivity index is 1.60. The van der Waals surface area contributed by atoms with E-state index >= 15 is 0 Å². The normalized spacial score (nSPS) is 28.7. The van der Waals surface area contributed by atoms with Crippen molar-refractivity contribution in [1.29, 1.82) is 0 Å². The summed E-state index contributed by atoms with van der Waals surface area (Å²) in [6.07, 6.45) is 7.27. The van der Waals surface area contributed by atoms with Crippen LogP contribution in [0.4, 0.5) is 10.1 Å². The number of nitrogens with zero attached hydrogens (tertiary/aromatic N) is 3. The fourth-order valence-corrected chi connectivity index (χ4v) is 5.48. The van der Waals surface area contributed by atoms with Gasteiger partial charge in [0.1, 0.15) is 5.82 Å². The Morgan fingerprint density at radius 2 is 1.96 bits per heavy atom. The molecule has 0 N–H and O–H groups in total. The number of anilines is 1. The lowest BCUT2D eigenvalue weighted by Crippen LogP contribution is -2.58. The zero-order valence-electron chi connectivity index (χ0n) is 14.8. The Labute approximate surface area is 160 Å². The van der Waals surface area contributed by atoms with Crippen LogP contribution in [0, 0.1) is 5.82 Å². The monoisotopic (exact) mass is 417 g/mol. The number of hydrogen-bond donors (Lipinski definition) is 0. The third kappa shape index (κ3) is 2.15. The molecular formula is C20H21BrFN3O. The van der Waals surface area contributed by atoms with Crippen molar-refractivity contribution in [1.82, 2.24) is 9.88 Å². The van der Waals surface area contributed by atoms with E-state index in [9.17, 15) is 9.18 Å². The van der Waals surface area contributed by atoms with Crippen LogP contribution in [0.15, 0.2) is 22.8 Å². The highest BCUT2D eigenvalue weighted by atomic mass is 79.9. The van der Waals surface area contributed by atoms with Gasteiger partial charge in [-0.05, 0) is 60.8 Å². The van der Waals surface area contributed by atoms with Crippen molar-refractivity contribution < 1.29 is 9.18 Å². The first-order chi connectivity index (χ1) is 12.5. The molecular weight excluding hydrogens is 397 g/mol. The number of carbonyl (C=O) groups is 1. The predicted molar refractivity (Wildman–Crippen MR) is 103 cm³/mol. The molecule has 0 bridgehead atoms. The quantitative estimate of drug-likeness (QED) is 0.703. The third-order valence-electron chi connectivity index (χ3n) is 6.52. The molecule has 4 nitrogen and oxygen atoms in total. The lowest BCUT2D eigenvalue weighted by atomic mass is 9.61. The van der Waals surface area contributed by atoms with E-state index in [4.69, 9.17) is 0 Å². The number of aromatic nitrogens is 1. The number of hydrogen-bond acceptors (Lipinski definition) is 3. The molecule has 1 amide bonds. The first-order valence-electron chi connectivity index (χ1n) is 9.32. The Kier molecular flexibility index (Phi) is 3.67. The van der Waals surface area contributed by atoms with E-state index in [2.05, 4.69) is 25.8 Å². The van der Waals surface area contributed by atoms with Crippen molar-refractivity contribution in [3.63, 3.8) is 0 Å². The number of halogens is 2. The highest BCUT2D eigenvalue weighted by Crippen LogP contribution is 2.56. The third-order valence-corrected chi connectivity index (χ3v) is 7.13. The lowest BCUT2D eigenvalue weighted by Gasteiger charge is -2.50. The minimum Gasteiger partial charge on any atom is -0.313 e. The second-order valence-electron chi connectivity index (χ2n) is 7.91. The number of likely N-dealkylation sites (tertiary alicyclic amines) is 1. The van der Waals surface area contributed by atoms with Gasteiger partial charge in [-0.3, -0.25) is 9.78 Å². The number of fused-ring (bicyclic) bond motifs is 4. The summed E-state index contributed by atoms with van der Waals surface area (Å²) in [6, 6.07) is 3.72. The minimum absolute atomic E-state index is 0.163. The van der Waals surface area contributed by atoms with Crippen LogP contribution in [0.2, 0.25) is 0 Å². The van der Waals surface area contributed by atoms with Gasteiger partial charge in [-0.1, -0.05) is 6.42 Å². The fourth-order valence-electron chi connectivity index (χ4n) is 5.14. The fraction of sp³-hybridized carbons (Fsp3) is 0.500. The summed E-state index contributed by atoms with van der Waals surface area (Å²) >= 11 is 3.30. The maximum Gasteiger partial charge on any atom is 0.237 e. The molecule has 2 fully saturated rings. The topological polar surface area (TPSA) is 36.4 Å². The lowest BCUT2D eigenvalue weighted by molar-refractivity contribution is -0.128. The van der Waals surface area contributed by atoms with Gasteiger partial charge in [-0.15, -0.1) is 0 Å². The van der Waals surface area contributed by atoms with E-state index in [1.54, 1.807) is 17.2 Å². The van der Waals surface area contributed by atoms with Gasteiger partial charge in [-0.2, -0.15) is 0 Å². The number of pyridine rings is 1. The molecule has 3 heterocycles. The summed E-state index contributed by atoms with van der Waals surface area (Å²) in [5, 5.41) is 0.894. The van der Waals surface area contributed by atoms with E-state index < -0.39 is 5.41 Å². The second kappa shape index (κ2) is 5.73. The van der Waals surface area contributed by atoms with Crippen molar-refractivity contribution in [3.05, 3.63) is 34.2 Å². The van der Waals surface area contributed by atoms with Gasteiger partial charge in [0.25, 0.3) is 0 Å². The van der Waals surface area contributed by atoms with Crippen LogP contribution in [-0.2, 0) is 10.2 Å². The smallest absolute Gasteiger partial charge is 0.237 e. The largest absolute Gasteiger partial charge is 0.313 e. The Hall–Kier alpha value is -1.53. The molecule has 0 atom stereocenters. The van der Waals surface area contributed by atoms with Crippen molar-refractivity contribution in [2.45, 2.75) is 43.6 Å². The molecule has 136 valence electrons. The van der Waals surface area contributed by atoms with Crippen LogP contribution in [0.1, 0.15) is 37.7 Å². The maximum atomic E-state index is 14.0. The highest BCUT2D eigenvalue weighted by Gasteiger charge is 2.59. The average molecular weight is 418 g/mol. The highest BCUT2D eigenvalue weighted by molar-refractivity contribution is 9.10. The summed E-state index contributed by atoms with van der Waals surface area (Å²) in [4.78, 5) is 21.9. The van der Waals surface area contributed by atoms with Crippen LogP contribution in [0.3, 0.4) is 0 Å². The van der Waals surface area contributed by atoms with Gasteiger partial charge in [0.2, 0.25) is 5.91 Å². The number of likely N-dealkylation sites (N-methyl/N-ethyl adjacent to an activating group) is 1. The summed E-state index contributed by atoms with van der Waals surface area (Å²) in [5.41, 5.74) is 2.07. The number of carbonyl (C=O) groups excluding carboxylic acids is 1. The summed E-state index contributed by atoms with van der Waals surface area (Å²) in [6.45, 7) is 2.29. The van der Waals surface area contributed by atoms with E-state index in [1.165, 1.54) is 25.3 Å². The molecule has 6 heteroatoms. The summed E-state index contributed by atoms with van der Waals surface area (Å²) in [7, 11) is 1.83. The number of piperidine rings is 1. The van der Waals surface area contributed by atoms with Gasteiger partial charge in [0.15, 0.2) is 0 Å². The number of amides is 1. The van der Waals surface area contributed by atoms with E-state index in [-0.39, 0.29) is 11.7 Å². The van der Waals surface area contributed by atoms with Crippen LogP contribution >= 0.6 is 15.9 Å². The van der Waals surface area contributed by atoms with E-state index in [1.807, 2.05) is 7.05 Å². The van der Waals surface area contributed by atoms with Gasteiger partial charge in [0, 0.05) is 30.1 Å². The van der Waals surface area contributed by atoms with Crippen molar-refractivity contribution in [2.75, 3.05) is 25.0 Å². The van der Waals surface area contributed by atoms with Gasteiger partial charge >= 0.3 is 0 Å². The SMILES string of the molecule is CN1C(=O)C2(CC(N3CCCCC3)C2)c2c1cnc1cc(F)c(Br)cc21. The molecule has 2 aromatic rings. The minimum atomic E-state index is -0.468. The van der Waals surface area contributed by atoms with Crippen LogP contribution in [0.25, 0.3) is 10.9 Å². The first-order valence-corrected chi connectivity index (χ1v) is 10.1. The molecule has 0 unspecified atom stereocenters. The predicted octanol–water partition coefficient (Wildman–Crippen LogP) is 4.00. The molecule has 1 aromatic heterocycles. The molecule has 3 aliphatic rings. The Morgan fingerprint density at radius 1 is 1.23 bits per heavy atom. The van der Waals surface area contributed by atoms with E-state index in [0.717, 1.165) is 42.6 Å².